The highest BCUT2D eigenvalue weighted by Crippen LogP contribution is 2.17. The lowest BCUT2D eigenvalue weighted by Crippen LogP contribution is -2.18. The summed E-state index contributed by atoms with van der Waals surface area (Å²) in [4.78, 5) is 10.9. The predicted molar refractivity (Wildman–Crippen MR) is 62.2 cm³/mol. The molecular formula is C11H18N2OS. The Hall–Kier alpha value is -0.900. The van der Waals surface area contributed by atoms with E-state index in [1.165, 1.54) is 11.5 Å². The first-order chi connectivity index (χ1) is 6.80. The number of hydrogen-bond donors (Lipinski definition) is 1. The highest BCUT2D eigenvalue weighted by Gasteiger charge is 2.14. The Kier molecular flexibility index (Phi) is 3.50. The minimum absolute atomic E-state index is 0.0228. The number of Topliss-reactive ketones (excluding diaryl/α,β-unsaturated/α-hetero) is 1. The van der Waals surface area contributed by atoms with Gasteiger partial charge in [-0.15, -0.1) is 0 Å². The van der Waals surface area contributed by atoms with Crippen molar-refractivity contribution >= 4 is 17.3 Å². The number of rotatable bonds is 3. The van der Waals surface area contributed by atoms with Gasteiger partial charge in [0.1, 0.15) is 10.5 Å². The van der Waals surface area contributed by atoms with Gasteiger partial charge < -0.3 is 4.79 Å². The number of hydrogen-bond acceptors (Lipinski definition) is 3. The average Bonchev–Trinajstić information content (AvgIpc) is 2.42. The summed E-state index contributed by atoms with van der Waals surface area (Å²) in [6.45, 7) is 7.92. The molecule has 84 valence electrons. The van der Waals surface area contributed by atoms with Crippen molar-refractivity contribution in [1.82, 2.24) is 3.96 Å². The summed E-state index contributed by atoms with van der Waals surface area (Å²) in [5.41, 5.74) is 1.000. The monoisotopic (exact) mass is 226 g/mol. The van der Waals surface area contributed by atoms with Crippen LogP contribution in [0.4, 0.5) is 0 Å². The lowest BCUT2D eigenvalue weighted by atomic mass is 10.1. The molecule has 0 unspecified atom stereocenters. The van der Waals surface area contributed by atoms with Crippen molar-refractivity contribution in [3.05, 3.63) is 16.4 Å². The summed E-state index contributed by atoms with van der Waals surface area (Å²) in [6.07, 6.45) is 3.22. The van der Waals surface area contributed by atoms with E-state index in [9.17, 15) is 4.79 Å². The first kappa shape index (κ1) is 12.2. The summed E-state index contributed by atoms with van der Waals surface area (Å²) in [5.74, 6) is 0.183. The maximum absolute atomic E-state index is 10.9. The Morgan fingerprint density at radius 2 is 2.13 bits per heavy atom. The predicted octanol–water partition coefficient (Wildman–Crippen LogP) is 2.31. The molecule has 0 aliphatic rings. The lowest BCUT2D eigenvalue weighted by Gasteiger charge is -2.19. The van der Waals surface area contributed by atoms with Crippen LogP contribution < -0.4 is 4.67 Å². The van der Waals surface area contributed by atoms with E-state index in [1.54, 1.807) is 6.92 Å². The number of aromatic nitrogens is 1. The zero-order valence-corrected chi connectivity index (χ0v) is 10.6. The second kappa shape index (κ2) is 4.31. The van der Waals surface area contributed by atoms with Crippen molar-refractivity contribution in [2.24, 2.45) is 0 Å². The molecule has 4 heteroatoms. The second-order valence-corrected chi connectivity index (χ2v) is 5.76. The van der Waals surface area contributed by atoms with Crippen LogP contribution in [-0.2, 0) is 16.8 Å². The van der Waals surface area contributed by atoms with Crippen molar-refractivity contribution < 1.29 is 4.79 Å². The maximum atomic E-state index is 10.9. The Balaban J connectivity index is 2.88. The van der Waals surface area contributed by atoms with E-state index in [0.717, 1.165) is 5.56 Å². The number of nitrogens with one attached hydrogen (secondary N) is 1. The first-order valence-corrected chi connectivity index (χ1v) is 5.84. The van der Waals surface area contributed by atoms with Crippen LogP contribution in [0.3, 0.4) is 0 Å². The molecule has 0 aliphatic carbocycles. The molecule has 0 atom stereocenters. The highest BCUT2D eigenvalue weighted by molar-refractivity contribution is 7.03. The zero-order chi connectivity index (χ0) is 11.6. The van der Waals surface area contributed by atoms with Gasteiger partial charge in [-0.05, 0) is 45.6 Å². The zero-order valence-electron chi connectivity index (χ0n) is 9.76. The van der Waals surface area contributed by atoms with Crippen LogP contribution in [0.1, 0.15) is 39.7 Å². The molecule has 15 heavy (non-hydrogen) atoms. The molecule has 1 N–H and O–H groups in total. The molecule has 1 heterocycles. The average molecular weight is 226 g/mol. The van der Waals surface area contributed by atoms with Crippen molar-refractivity contribution in [3.63, 3.8) is 0 Å². The van der Waals surface area contributed by atoms with Crippen LogP contribution in [0.15, 0.2) is 6.20 Å². The van der Waals surface area contributed by atoms with Crippen LogP contribution in [0.25, 0.3) is 0 Å². The Bertz CT molecular complexity index is 409. The Morgan fingerprint density at radius 3 is 2.53 bits per heavy atom. The normalized spacial score (nSPS) is 11.7. The number of nitrogens with zero attached hydrogens (tertiary/aromatic N) is 1. The van der Waals surface area contributed by atoms with E-state index >= 15 is 0 Å². The van der Waals surface area contributed by atoms with Crippen LogP contribution in [0, 0.1) is 5.41 Å². The van der Waals surface area contributed by atoms with Gasteiger partial charge in [0, 0.05) is 23.7 Å². The minimum Gasteiger partial charge on any atom is -0.300 e. The molecule has 0 bridgehead atoms. The number of ketones is 1. The standard InChI is InChI=1S/C11H18N2OS/c1-8(14)5-6-9-7-13(11(2,3)4)15-10(9)12/h7,12H,5-6H2,1-4H3. The van der Waals surface area contributed by atoms with Crippen LogP contribution in [0.5, 0.6) is 0 Å². The fourth-order valence-corrected chi connectivity index (χ4v) is 2.13. The summed E-state index contributed by atoms with van der Waals surface area (Å²) in [7, 11) is 0. The molecule has 0 amide bonds. The van der Waals surface area contributed by atoms with Crippen LogP contribution in [-0.4, -0.2) is 9.74 Å². The molecule has 0 saturated carbocycles. The number of carbonyl (C=O) groups excluding carboxylic acids is 1. The molecule has 1 rings (SSSR count). The van der Waals surface area contributed by atoms with Crippen molar-refractivity contribution in [3.8, 4) is 0 Å². The topological polar surface area (TPSA) is 45.9 Å². The lowest BCUT2D eigenvalue weighted by molar-refractivity contribution is -0.116. The fraction of sp³-hybridized carbons (Fsp3) is 0.636. The number of aryl methyl sites for hydroxylation is 1. The van der Waals surface area contributed by atoms with E-state index in [0.29, 0.717) is 17.5 Å². The van der Waals surface area contributed by atoms with E-state index in [2.05, 4.69) is 24.7 Å². The molecule has 0 saturated heterocycles. The van der Waals surface area contributed by atoms with Gasteiger partial charge in [-0.25, -0.2) is 0 Å². The fourth-order valence-electron chi connectivity index (χ4n) is 1.20. The molecule has 1 aromatic rings. The Labute approximate surface area is 94.4 Å². The van der Waals surface area contributed by atoms with E-state index in [-0.39, 0.29) is 11.3 Å². The first-order valence-electron chi connectivity index (χ1n) is 5.07. The maximum Gasteiger partial charge on any atom is 0.130 e. The van der Waals surface area contributed by atoms with Gasteiger partial charge in [0.05, 0.1) is 0 Å². The van der Waals surface area contributed by atoms with Gasteiger partial charge in [0.2, 0.25) is 0 Å². The molecule has 0 aromatic carbocycles. The smallest absolute Gasteiger partial charge is 0.130 e. The third kappa shape index (κ3) is 3.30. The molecule has 0 aliphatic heterocycles. The van der Waals surface area contributed by atoms with E-state index in [1.807, 2.05) is 6.20 Å². The Morgan fingerprint density at radius 1 is 1.53 bits per heavy atom. The molecule has 1 aromatic heterocycles. The van der Waals surface area contributed by atoms with Gasteiger partial charge in [-0.2, -0.15) is 0 Å². The third-order valence-electron chi connectivity index (χ3n) is 2.16. The van der Waals surface area contributed by atoms with Crippen molar-refractivity contribution in [1.29, 1.82) is 5.41 Å². The summed E-state index contributed by atoms with van der Waals surface area (Å²) in [5, 5.41) is 7.80. The SMILES string of the molecule is CC(=O)CCc1cn(C(C)(C)C)sc1=N. The van der Waals surface area contributed by atoms with Gasteiger partial charge in [0.15, 0.2) is 0 Å². The van der Waals surface area contributed by atoms with E-state index < -0.39 is 0 Å². The molecular weight excluding hydrogens is 208 g/mol. The van der Waals surface area contributed by atoms with Gasteiger partial charge in [-0.1, -0.05) is 0 Å². The molecule has 0 spiro atoms. The van der Waals surface area contributed by atoms with Crippen LogP contribution in [0.2, 0.25) is 0 Å². The van der Waals surface area contributed by atoms with Gasteiger partial charge in [0.25, 0.3) is 0 Å². The molecule has 3 nitrogen and oxygen atoms in total. The summed E-state index contributed by atoms with van der Waals surface area (Å²) in [6, 6.07) is 0. The van der Waals surface area contributed by atoms with Crippen molar-refractivity contribution in [2.75, 3.05) is 0 Å². The second-order valence-electron chi connectivity index (χ2n) is 4.77. The quantitative estimate of drug-likeness (QED) is 0.844. The minimum atomic E-state index is 0.0228. The highest BCUT2D eigenvalue weighted by atomic mass is 32.1. The number of carbonyl (C=O) groups is 1. The van der Waals surface area contributed by atoms with Crippen molar-refractivity contribution in [2.45, 2.75) is 46.1 Å². The molecule has 0 radical (unpaired) electrons. The van der Waals surface area contributed by atoms with Crippen LogP contribution >= 0.6 is 11.5 Å². The summed E-state index contributed by atoms with van der Waals surface area (Å²) < 4.78 is 2.65. The third-order valence-corrected chi connectivity index (χ3v) is 3.46. The van der Waals surface area contributed by atoms with Gasteiger partial charge in [-0.3, -0.25) is 9.37 Å². The van der Waals surface area contributed by atoms with Gasteiger partial charge >= 0.3 is 0 Å². The summed E-state index contributed by atoms with van der Waals surface area (Å²) >= 11 is 1.44. The molecule has 0 fully saturated rings. The largest absolute Gasteiger partial charge is 0.300 e. The van der Waals surface area contributed by atoms with E-state index in [4.69, 9.17) is 5.41 Å².